The van der Waals surface area contributed by atoms with E-state index in [1.807, 2.05) is 24.3 Å². The fourth-order valence-corrected chi connectivity index (χ4v) is 2.48. The van der Waals surface area contributed by atoms with Crippen LogP contribution in [0.4, 0.5) is 0 Å². The lowest BCUT2D eigenvalue weighted by atomic mass is 9.95. The summed E-state index contributed by atoms with van der Waals surface area (Å²) in [5, 5.41) is 8.72. The highest BCUT2D eigenvalue weighted by atomic mass is 16.5. The minimum absolute atomic E-state index is 0.101. The third kappa shape index (κ3) is 4.56. The van der Waals surface area contributed by atoms with Gasteiger partial charge in [0.05, 0.1) is 12.7 Å². The summed E-state index contributed by atoms with van der Waals surface area (Å²) in [4.78, 5) is 0. The molecule has 0 aromatic heterocycles. The average molecular weight is 274 g/mol. The molecular formula is C17H22O3. The van der Waals surface area contributed by atoms with E-state index in [1.165, 1.54) is 0 Å². The SMILES string of the molecule is COC1CCCC(Oc2cccc(C#CCCO)c2)C1. The van der Waals surface area contributed by atoms with Gasteiger partial charge in [-0.2, -0.15) is 0 Å². The first-order valence-corrected chi connectivity index (χ1v) is 7.21. The number of rotatable bonds is 4. The van der Waals surface area contributed by atoms with Gasteiger partial charge in [-0.15, -0.1) is 0 Å². The number of hydrogen-bond donors (Lipinski definition) is 1. The minimum atomic E-state index is 0.101. The maximum Gasteiger partial charge on any atom is 0.120 e. The molecule has 3 heteroatoms. The molecule has 108 valence electrons. The van der Waals surface area contributed by atoms with Gasteiger partial charge in [0.2, 0.25) is 0 Å². The molecule has 0 saturated heterocycles. The second-order valence-electron chi connectivity index (χ2n) is 5.07. The Balaban J connectivity index is 1.96. The molecule has 1 aromatic carbocycles. The summed E-state index contributed by atoms with van der Waals surface area (Å²) < 4.78 is 11.5. The summed E-state index contributed by atoms with van der Waals surface area (Å²) in [7, 11) is 1.77. The van der Waals surface area contributed by atoms with Crippen molar-refractivity contribution in [2.24, 2.45) is 0 Å². The van der Waals surface area contributed by atoms with Gasteiger partial charge < -0.3 is 14.6 Å². The van der Waals surface area contributed by atoms with Crippen molar-refractivity contribution < 1.29 is 14.6 Å². The first-order valence-electron chi connectivity index (χ1n) is 7.21. The molecule has 2 unspecified atom stereocenters. The Kier molecular flexibility index (Phi) is 5.91. The quantitative estimate of drug-likeness (QED) is 0.858. The van der Waals surface area contributed by atoms with Gasteiger partial charge in [-0.05, 0) is 37.5 Å². The molecular weight excluding hydrogens is 252 g/mol. The summed E-state index contributed by atoms with van der Waals surface area (Å²) in [6, 6.07) is 7.83. The molecule has 1 fully saturated rings. The number of benzene rings is 1. The molecule has 0 bridgehead atoms. The van der Waals surface area contributed by atoms with Crippen molar-refractivity contribution in [1.29, 1.82) is 0 Å². The molecule has 0 radical (unpaired) electrons. The highest BCUT2D eigenvalue weighted by molar-refractivity contribution is 5.39. The maximum absolute atomic E-state index is 8.72. The van der Waals surface area contributed by atoms with Gasteiger partial charge in [0.25, 0.3) is 0 Å². The number of hydrogen-bond acceptors (Lipinski definition) is 3. The molecule has 2 atom stereocenters. The number of methoxy groups -OCH3 is 1. The van der Waals surface area contributed by atoms with Gasteiger partial charge in [0.15, 0.2) is 0 Å². The van der Waals surface area contributed by atoms with E-state index >= 15 is 0 Å². The van der Waals surface area contributed by atoms with Crippen LogP contribution in [-0.2, 0) is 4.74 Å². The largest absolute Gasteiger partial charge is 0.490 e. The van der Waals surface area contributed by atoms with E-state index in [0.717, 1.165) is 37.0 Å². The summed E-state index contributed by atoms with van der Waals surface area (Å²) >= 11 is 0. The monoisotopic (exact) mass is 274 g/mol. The van der Waals surface area contributed by atoms with E-state index in [-0.39, 0.29) is 12.7 Å². The fraction of sp³-hybridized carbons (Fsp3) is 0.529. The van der Waals surface area contributed by atoms with Crippen LogP contribution < -0.4 is 4.74 Å². The molecule has 20 heavy (non-hydrogen) atoms. The molecule has 1 aromatic rings. The zero-order valence-corrected chi connectivity index (χ0v) is 12.0. The standard InChI is InChI=1S/C17H22O3/c1-19-15-8-5-10-17(13-15)20-16-9-4-7-14(12-16)6-2-3-11-18/h4,7,9,12,15,17-18H,3,5,8,10-11,13H2,1H3. The first kappa shape index (κ1) is 14.9. The minimum Gasteiger partial charge on any atom is -0.490 e. The molecule has 0 aliphatic heterocycles. The van der Waals surface area contributed by atoms with E-state index in [9.17, 15) is 0 Å². The van der Waals surface area contributed by atoms with Crippen LogP contribution in [0, 0.1) is 11.8 Å². The van der Waals surface area contributed by atoms with Crippen LogP contribution in [0.2, 0.25) is 0 Å². The fourth-order valence-electron chi connectivity index (χ4n) is 2.48. The van der Waals surface area contributed by atoms with Gasteiger partial charge in [0, 0.05) is 25.5 Å². The van der Waals surface area contributed by atoms with Crippen LogP contribution in [-0.4, -0.2) is 31.0 Å². The Morgan fingerprint density at radius 3 is 2.95 bits per heavy atom. The van der Waals surface area contributed by atoms with E-state index in [2.05, 4.69) is 11.8 Å². The Morgan fingerprint density at radius 1 is 1.30 bits per heavy atom. The highest BCUT2D eigenvalue weighted by Gasteiger charge is 2.22. The summed E-state index contributed by atoms with van der Waals surface area (Å²) in [5.41, 5.74) is 0.926. The van der Waals surface area contributed by atoms with Crippen molar-refractivity contribution in [3.05, 3.63) is 29.8 Å². The average Bonchev–Trinajstić information content (AvgIpc) is 2.48. The molecule has 1 saturated carbocycles. The van der Waals surface area contributed by atoms with Crippen molar-refractivity contribution in [2.75, 3.05) is 13.7 Å². The number of aliphatic hydroxyl groups is 1. The first-order chi connectivity index (χ1) is 9.81. The Morgan fingerprint density at radius 2 is 2.15 bits per heavy atom. The van der Waals surface area contributed by atoms with Gasteiger partial charge >= 0.3 is 0 Å². The molecule has 0 amide bonds. The molecule has 3 nitrogen and oxygen atoms in total. The van der Waals surface area contributed by atoms with Crippen molar-refractivity contribution in [2.45, 2.75) is 44.3 Å². The van der Waals surface area contributed by atoms with Gasteiger partial charge in [-0.3, -0.25) is 0 Å². The second-order valence-corrected chi connectivity index (χ2v) is 5.07. The molecule has 0 heterocycles. The van der Waals surface area contributed by atoms with Gasteiger partial charge in [0.1, 0.15) is 11.9 Å². The normalized spacial score (nSPS) is 21.9. The van der Waals surface area contributed by atoms with Gasteiger partial charge in [-0.25, -0.2) is 0 Å². The summed E-state index contributed by atoms with van der Waals surface area (Å²) in [6.45, 7) is 0.101. The lowest BCUT2D eigenvalue weighted by Gasteiger charge is -2.28. The molecule has 1 aliphatic carbocycles. The van der Waals surface area contributed by atoms with Crippen molar-refractivity contribution >= 4 is 0 Å². The third-order valence-electron chi connectivity index (χ3n) is 3.52. The predicted molar refractivity (Wildman–Crippen MR) is 78.7 cm³/mol. The van der Waals surface area contributed by atoms with Crippen LogP contribution in [0.5, 0.6) is 5.75 Å². The topological polar surface area (TPSA) is 38.7 Å². The molecule has 1 N–H and O–H groups in total. The van der Waals surface area contributed by atoms with Crippen LogP contribution in [0.15, 0.2) is 24.3 Å². The third-order valence-corrected chi connectivity index (χ3v) is 3.52. The lowest BCUT2D eigenvalue weighted by Crippen LogP contribution is -2.29. The Labute approximate surface area is 120 Å². The van der Waals surface area contributed by atoms with Crippen molar-refractivity contribution in [3.8, 4) is 17.6 Å². The zero-order chi connectivity index (χ0) is 14.2. The van der Waals surface area contributed by atoms with Crippen molar-refractivity contribution in [3.63, 3.8) is 0 Å². The number of ether oxygens (including phenoxy) is 2. The zero-order valence-electron chi connectivity index (χ0n) is 12.0. The lowest BCUT2D eigenvalue weighted by molar-refractivity contribution is 0.0209. The Hall–Kier alpha value is -1.50. The molecule has 1 aliphatic rings. The van der Waals surface area contributed by atoms with E-state index in [4.69, 9.17) is 14.6 Å². The van der Waals surface area contributed by atoms with Crippen LogP contribution >= 0.6 is 0 Å². The second kappa shape index (κ2) is 7.94. The molecule has 2 rings (SSSR count). The van der Waals surface area contributed by atoms with E-state index in [0.29, 0.717) is 12.5 Å². The van der Waals surface area contributed by atoms with E-state index in [1.54, 1.807) is 7.11 Å². The van der Waals surface area contributed by atoms with Gasteiger partial charge in [-0.1, -0.05) is 17.9 Å². The summed E-state index contributed by atoms with van der Waals surface area (Å²) in [6.07, 6.45) is 5.37. The predicted octanol–water partition coefficient (Wildman–Crippen LogP) is 2.76. The smallest absolute Gasteiger partial charge is 0.120 e. The van der Waals surface area contributed by atoms with Crippen LogP contribution in [0.3, 0.4) is 0 Å². The van der Waals surface area contributed by atoms with E-state index < -0.39 is 0 Å². The summed E-state index contributed by atoms with van der Waals surface area (Å²) in [5.74, 6) is 6.81. The molecule has 0 spiro atoms. The van der Waals surface area contributed by atoms with Crippen molar-refractivity contribution in [1.82, 2.24) is 0 Å². The van der Waals surface area contributed by atoms with Crippen LogP contribution in [0.1, 0.15) is 37.7 Å². The highest BCUT2D eigenvalue weighted by Crippen LogP contribution is 2.25. The number of aliphatic hydroxyl groups excluding tert-OH is 1. The maximum atomic E-state index is 8.72. The van der Waals surface area contributed by atoms with Crippen LogP contribution in [0.25, 0.3) is 0 Å². The Bertz CT molecular complexity index is 473.